The van der Waals surface area contributed by atoms with E-state index in [1.165, 1.54) is 77.0 Å². The minimum absolute atomic E-state index is 0.0521. The van der Waals surface area contributed by atoms with Crippen LogP contribution < -0.4 is 0 Å². The van der Waals surface area contributed by atoms with E-state index < -0.39 is 249 Å². The molecule has 0 radical (unpaired) electrons. The standard InChI is InChI=1S/C75H142O31.C6H12O5/c1-5-9-13-17-21-25-29-47(30-26-22-18-14-10-6-2)38-94-40-49(41-95-39-48(31-27-23-19-15-11-7-3)32-28-24-20-16-12-8-4)42-96-43-75(44-97-70-63(89)58(84)55(81)50(33-76)100-70,45-98-71-66(92)61(87)68(53(36-79)103-71)105-73-64(90)59(85)56(82)51(34-77)101-73)46-99-72-67(93)62(88)69(54(37-80)104-72)106-74-65(91)60(86)57(83)52(35-78)102-74;7-1-4-6(10)5(9)3(8)2-11-4/h47-74,76-93H,5-46H2,1-4H3;3-10H,1-2H2/t50?,51?,52?,53?,54?,55-,56-,57-,58+,59+,60+,61-,62-,63?,64?,65?,66?,67?,68-,69+,70-,71-,72-,73-,74-,75?;3-,4?,5?,6-/m11/s1. The monoisotopic (exact) mass is 1700 g/mol. The first-order chi connectivity index (χ1) is 56.3. The highest BCUT2D eigenvalue weighted by Crippen LogP contribution is 2.36. The van der Waals surface area contributed by atoms with E-state index in [4.69, 9.17) is 86.7 Å². The van der Waals surface area contributed by atoms with Gasteiger partial charge in [-0.25, -0.2) is 0 Å². The van der Waals surface area contributed by atoms with Gasteiger partial charge in [0.05, 0.1) is 97.9 Å². The Morgan fingerprint density at radius 3 is 0.855 bits per heavy atom. The zero-order valence-electron chi connectivity index (χ0n) is 69.6. The molecular formula is C81H154O36. The van der Waals surface area contributed by atoms with Crippen molar-refractivity contribution in [2.24, 2.45) is 23.2 Å². The largest absolute Gasteiger partial charge is 0.394 e. The highest BCUT2D eigenvalue weighted by molar-refractivity contribution is 4.98. The summed E-state index contributed by atoms with van der Waals surface area (Å²) in [6.45, 7) is 2.61. The summed E-state index contributed by atoms with van der Waals surface area (Å²) < 4.78 is 84.7. The van der Waals surface area contributed by atoms with Crippen molar-refractivity contribution in [2.75, 3.05) is 106 Å². The second-order valence-electron chi connectivity index (χ2n) is 33.2. The lowest BCUT2D eigenvalue weighted by molar-refractivity contribution is -0.367. The van der Waals surface area contributed by atoms with Crippen LogP contribution >= 0.6 is 0 Å². The summed E-state index contributed by atoms with van der Waals surface area (Å²) in [5, 5.41) is 232. The van der Waals surface area contributed by atoms with Gasteiger partial charge >= 0.3 is 0 Å². The summed E-state index contributed by atoms with van der Waals surface area (Å²) in [6, 6.07) is 0. The summed E-state index contributed by atoms with van der Waals surface area (Å²) in [5.74, 6) is 0.159. The van der Waals surface area contributed by atoms with E-state index >= 15 is 0 Å². The first kappa shape index (κ1) is 106. The molecule has 6 heterocycles. The van der Waals surface area contributed by atoms with Gasteiger partial charge in [0.1, 0.15) is 146 Å². The molecule has 0 amide bonds. The molecule has 0 spiro atoms. The average molecular weight is 1700 g/mol. The number of ether oxygens (including phenoxy) is 14. The topological polar surface area (TPSA) is 574 Å². The summed E-state index contributed by atoms with van der Waals surface area (Å²) in [5.41, 5.74) is -1.89. The van der Waals surface area contributed by atoms with Crippen LogP contribution in [0.1, 0.15) is 207 Å². The van der Waals surface area contributed by atoms with Gasteiger partial charge in [0.25, 0.3) is 0 Å². The van der Waals surface area contributed by atoms with Crippen molar-refractivity contribution in [3.8, 4) is 0 Å². The Balaban J connectivity index is 0.00000204. The van der Waals surface area contributed by atoms with Crippen molar-refractivity contribution in [1.29, 1.82) is 0 Å². The molecule has 0 aliphatic carbocycles. The van der Waals surface area contributed by atoms with Crippen LogP contribution in [0.15, 0.2) is 0 Å². The molecule has 0 aromatic rings. The summed E-state index contributed by atoms with van der Waals surface area (Å²) in [4.78, 5) is 0. The van der Waals surface area contributed by atoms with Gasteiger partial charge < -0.3 is 179 Å². The first-order valence-corrected chi connectivity index (χ1v) is 43.6. The normalized spacial score (nSPS) is 35.6. The molecule has 117 heavy (non-hydrogen) atoms. The summed E-state index contributed by atoms with van der Waals surface area (Å²) in [6.07, 6.45) is -18.2. The van der Waals surface area contributed by atoms with Gasteiger partial charge in [-0.05, 0) is 37.5 Å². The predicted octanol–water partition coefficient (Wildman–Crippen LogP) is -1.57. The summed E-state index contributed by atoms with van der Waals surface area (Å²) in [7, 11) is 0. The molecule has 36 heteroatoms. The van der Waals surface area contributed by atoms with Crippen LogP contribution in [0.4, 0.5) is 0 Å². The van der Waals surface area contributed by atoms with Crippen LogP contribution in [0.5, 0.6) is 0 Å². The smallest absolute Gasteiger partial charge is 0.187 e. The highest BCUT2D eigenvalue weighted by atomic mass is 16.8. The van der Waals surface area contributed by atoms with E-state index in [1.54, 1.807) is 0 Å². The van der Waals surface area contributed by atoms with E-state index in [0.29, 0.717) is 25.0 Å². The third-order valence-electron chi connectivity index (χ3n) is 23.3. The highest BCUT2D eigenvalue weighted by Gasteiger charge is 2.55. The molecule has 6 saturated heterocycles. The van der Waals surface area contributed by atoms with Gasteiger partial charge in [-0.2, -0.15) is 0 Å². The summed E-state index contributed by atoms with van der Waals surface area (Å²) >= 11 is 0. The number of rotatable bonds is 59. The molecular weight excluding hydrogens is 1550 g/mol. The maximum Gasteiger partial charge on any atom is 0.187 e. The van der Waals surface area contributed by atoms with E-state index in [2.05, 4.69) is 27.7 Å². The quantitative estimate of drug-likeness (QED) is 0.0306. The van der Waals surface area contributed by atoms with Crippen molar-refractivity contribution in [3.05, 3.63) is 0 Å². The third kappa shape index (κ3) is 34.7. The molecule has 6 aliphatic heterocycles. The number of aliphatic hydroxyl groups is 22. The Bertz CT molecular complexity index is 2280. The zero-order valence-corrected chi connectivity index (χ0v) is 69.6. The Labute approximate surface area is 690 Å². The molecule has 36 nitrogen and oxygen atoms in total. The van der Waals surface area contributed by atoms with Crippen molar-refractivity contribution < 1.29 is 179 Å². The van der Waals surface area contributed by atoms with Gasteiger partial charge in [0.15, 0.2) is 31.5 Å². The molecule has 0 bridgehead atoms. The van der Waals surface area contributed by atoms with Crippen LogP contribution in [0.25, 0.3) is 0 Å². The maximum atomic E-state index is 11.9. The van der Waals surface area contributed by atoms with Crippen LogP contribution in [0.2, 0.25) is 0 Å². The fourth-order valence-electron chi connectivity index (χ4n) is 15.5. The second-order valence-corrected chi connectivity index (χ2v) is 33.2. The molecule has 0 aromatic carbocycles. The lowest BCUT2D eigenvalue weighted by Gasteiger charge is -2.47. The Morgan fingerprint density at radius 1 is 0.265 bits per heavy atom. The predicted molar refractivity (Wildman–Crippen MR) is 417 cm³/mol. The lowest BCUT2D eigenvalue weighted by atomic mass is 9.91. The Kier molecular flexibility index (Phi) is 53.3. The van der Waals surface area contributed by atoms with Crippen molar-refractivity contribution >= 4 is 0 Å². The van der Waals surface area contributed by atoms with Crippen LogP contribution in [-0.2, 0) is 66.3 Å². The number of hydrogen-bond donors (Lipinski definition) is 22. The molecule has 6 fully saturated rings. The molecule has 0 saturated carbocycles. The molecule has 6 aliphatic rings. The van der Waals surface area contributed by atoms with Gasteiger partial charge in [0.2, 0.25) is 0 Å². The average Bonchev–Trinajstić information content (AvgIpc) is 0.777. The molecule has 30 atom stereocenters. The molecule has 13 unspecified atom stereocenters. The third-order valence-corrected chi connectivity index (χ3v) is 23.3. The van der Waals surface area contributed by atoms with Crippen LogP contribution in [-0.4, -0.2) is 396 Å². The van der Waals surface area contributed by atoms with Crippen molar-refractivity contribution in [3.63, 3.8) is 0 Å². The SMILES string of the molecule is CCCCCCCCC(CCCCCCCC)COCC(COCC(CCCCCCCC)CCCCCCCC)COCC(CO[C@@H]1OC(CO)[C@@H](O)[C@H](O)C1O)(CO[C@@H]1OC(CO)[C@@H](O[C@H]2OC(CO)[C@@H](O)[C@H](O)C2O)[C@H](O)C1O)CO[C@@H]1OC(CO)[C@H](O[C@H]2OC(CO)[C@@H](O)[C@H](O)C2O)[C@H](O)C1O.OCC1OC[C@@H](O)C(O)[C@@H]1O. The minimum atomic E-state index is -2.09. The zero-order chi connectivity index (χ0) is 86.0. The molecule has 6 rings (SSSR count). The maximum absolute atomic E-state index is 11.9. The fourth-order valence-corrected chi connectivity index (χ4v) is 15.5. The van der Waals surface area contributed by atoms with E-state index in [-0.39, 0.29) is 33.0 Å². The fraction of sp³-hybridized carbons (Fsp3) is 1.00. The molecule has 694 valence electrons. The lowest BCUT2D eigenvalue weighted by Crippen LogP contribution is -2.65. The van der Waals surface area contributed by atoms with Gasteiger partial charge in [-0.1, -0.05) is 182 Å². The van der Waals surface area contributed by atoms with Crippen molar-refractivity contribution in [2.45, 2.75) is 385 Å². The van der Waals surface area contributed by atoms with E-state index in [9.17, 15) is 91.9 Å². The second kappa shape index (κ2) is 58.8. The number of unbranched alkanes of at least 4 members (excludes halogenated alkanes) is 20. The Hall–Kier alpha value is -1.44. The van der Waals surface area contributed by atoms with Crippen LogP contribution in [0, 0.1) is 23.2 Å². The number of aliphatic hydroxyl groups excluding tert-OH is 22. The van der Waals surface area contributed by atoms with Crippen molar-refractivity contribution in [1.82, 2.24) is 0 Å². The molecule has 0 aromatic heterocycles. The first-order valence-electron chi connectivity index (χ1n) is 43.6. The van der Waals surface area contributed by atoms with E-state index in [0.717, 1.165) is 103 Å². The minimum Gasteiger partial charge on any atom is -0.394 e. The van der Waals surface area contributed by atoms with E-state index in [1.807, 2.05) is 0 Å². The molecule has 22 N–H and O–H groups in total. The van der Waals surface area contributed by atoms with Gasteiger partial charge in [-0.15, -0.1) is 0 Å². The van der Waals surface area contributed by atoms with Gasteiger partial charge in [0, 0.05) is 19.1 Å². The Morgan fingerprint density at radius 2 is 0.530 bits per heavy atom. The number of hydrogen-bond acceptors (Lipinski definition) is 36. The van der Waals surface area contributed by atoms with Gasteiger partial charge in [-0.3, -0.25) is 0 Å². The van der Waals surface area contributed by atoms with Crippen LogP contribution in [0.3, 0.4) is 0 Å².